The maximum absolute atomic E-state index is 10.5. The average molecular weight is 180 g/mol. The second-order valence-corrected chi connectivity index (χ2v) is 2.90. The minimum Gasteiger partial charge on any atom is -0.393 e. The Morgan fingerprint density at radius 1 is 1.54 bits per heavy atom. The number of rotatable bonds is 3. The summed E-state index contributed by atoms with van der Waals surface area (Å²) in [6.07, 6.45) is 1.82. The number of nitro benzene ring substituents is 1. The summed E-state index contributed by atoms with van der Waals surface area (Å²) in [5, 5.41) is 10.5. The molecule has 0 spiro atoms. The van der Waals surface area contributed by atoms with Crippen molar-refractivity contribution in [3.05, 3.63) is 33.9 Å². The Kier molecular flexibility index (Phi) is 2.84. The standard InChI is InChI=1S/C9H12N2O2/c1-2-3-7-4-5-8(10)9(6-7)11(12)13/h4-6H,2-3,10H2,1H3. The van der Waals surface area contributed by atoms with Gasteiger partial charge in [-0.05, 0) is 18.1 Å². The first-order valence-electron chi connectivity index (χ1n) is 4.18. The molecule has 0 bridgehead atoms. The van der Waals surface area contributed by atoms with Crippen molar-refractivity contribution in [2.75, 3.05) is 5.73 Å². The lowest BCUT2D eigenvalue weighted by atomic mass is 10.1. The Morgan fingerprint density at radius 3 is 2.77 bits per heavy atom. The molecular weight excluding hydrogens is 168 g/mol. The van der Waals surface area contributed by atoms with Gasteiger partial charge >= 0.3 is 0 Å². The van der Waals surface area contributed by atoms with Crippen molar-refractivity contribution >= 4 is 11.4 Å². The third kappa shape index (κ3) is 2.18. The maximum atomic E-state index is 10.5. The maximum Gasteiger partial charge on any atom is 0.292 e. The Balaban J connectivity index is 3.04. The lowest BCUT2D eigenvalue weighted by Crippen LogP contribution is -1.96. The highest BCUT2D eigenvalue weighted by molar-refractivity contribution is 5.59. The van der Waals surface area contributed by atoms with E-state index in [9.17, 15) is 10.1 Å². The average Bonchev–Trinajstić information content (AvgIpc) is 2.08. The summed E-state index contributed by atoms with van der Waals surface area (Å²) in [6.45, 7) is 2.03. The molecule has 0 radical (unpaired) electrons. The van der Waals surface area contributed by atoms with E-state index in [0.717, 1.165) is 18.4 Å². The molecule has 0 heterocycles. The van der Waals surface area contributed by atoms with E-state index < -0.39 is 4.92 Å². The molecule has 0 aliphatic heterocycles. The first-order chi connectivity index (χ1) is 6.15. The van der Waals surface area contributed by atoms with Crippen LogP contribution in [0.3, 0.4) is 0 Å². The zero-order valence-electron chi connectivity index (χ0n) is 7.49. The van der Waals surface area contributed by atoms with Gasteiger partial charge in [-0.25, -0.2) is 0 Å². The number of nitrogen functional groups attached to an aromatic ring is 1. The van der Waals surface area contributed by atoms with Gasteiger partial charge in [0.25, 0.3) is 5.69 Å². The van der Waals surface area contributed by atoms with Crippen LogP contribution in [-0.2, 0) is 6.42 Å². The first-order valence-corrected chi connectivity index (χ1v) is 4.18. The van der Waals surface area contributed by atoms with Gasteiger partial charge in [-0.15, -0.1) is 0 Å². The van der Waals surface area contributed by atoms with Gasteiger partial charge in [0, 0.05) is 6.07 Å². The molecule has 0 fully saturated rings. The molecular formula is C9H12N2O2. The molecule has 2 N–H and O–H groups in total. The van der Waals surface area contributed by atoms with E-state index in [2.05, 4.69) is 0 Å². The van der Waals surface area contributed by atoms with Crippen molar-refractivity contribution in [3.63, 3.8) is 0 Å². The van der Waals surface area contributed by atoms with Crippen molar-refractivity contribution in [2.24, 2.45) is 0 Å². The predicted octanol–water partition coefficient (Wildman–Crippen LogP) is 2.13. The van der Waals surface area contributed by atoms with E-state index in [1.54, 1.807) is 12.1 Å². The number of hydrogen-bond donors (Lipinski definition) is 1. The lowest BCUT2D eigenvalue weighted by Gasteiger charge is -2.00. The zero-order chi connectivity index (χ0) is 9.84. The van der Waals surface area contributed by atoms with E-state index in [1.165, 1.54) is 0 Å². The fraction of sp³-hybridized carbons (Fsp3) is 0.333. The van der Waals surface area contributed by atoms with Crippen LogP contribution in [-0.4, -0.2) is 4.92 Å². The van der Waals surface area contributed by atoms with Crippen LogP contribution in [0.15, 0.2) is 18.2 Å². The van der Waals surface area contributed by atoms with Gasteiger partial charge in [0.05, 0.1) is 4.92 Å². The third-order valence-electron chi connectivity index (χ3n) is 1.83. The molecule has 0 aromatic heterocycles. The molecule has 13 heavy (non-hydrogen) atoms. The minimum atomic E-state index is -0.450. The summed E-state index contributed by atoms with van der Waals surface area (Å²) in [6, 6.07) is 4.95. The smallest absolute Gasteiger partial charge is 0.292 e. The van der Waals surface area contributed by atoms with Gasteiger partial charge in [-0.1, -0.05) is 19.4 Å². The molecule has 0 aliphatic rings. The Labute approximate surface area is 76.5 Å². The number of nitrogens with two attached hydrogens (primary N) is 1. The number of aryl methyl sites for hydroxylation is 1. The van der Waals surface area contributed by atoms with Gasteiger partial charge in [0.1, 0.15) is 5.69 Å². The summed E-state index contributed by atoms with van der Waals surface area (Å²) < 4.78 is 0. The van der Waals surface area contributed by atoms with E-state index >= 15 is 0 Å². The fourth-order valence-electron chi connectivity index (χ4n) is 1.19. The van der Waals surface area contributed by atoms with Gasteiger partial charge in [-0.2, -0.15) is 0 Å². The van der Waals surface area contributed by atoms with Crippen LogP contribution in [0, 0.1) is 10.1 Å². The van der Waals surface area contributed by atoms with Crippen LogP contribution in [0.4, 0.5) is 11.4 Å². The van der Waals surface area contributed by atoms with Crippen molar-refractivity contribution in [3.8, 4) is 0 Å². The highest BCUT2D eigenvalue weighted by atomic mass is 16.6. The molecule has 0 aliphatic carbocycles. The molecule has 0 saturated carbocycles. The second kappa shape index (κ2) is 3.89. The molecule has 70 valence electrons. The van der Waals surface area contributed by atoms with E-state index in [-0.39, 0.29) is 11.4 Å². The van der Waals surface area contributed by atoms with Crippen LogP contribution >= 0.6 is 0 Å². The molecule has 0 saturated heterocycles. The second-order valence-electron chi connectivity index (χ2n) is 2.90. The van der Waals surface area contributed by atoms with Gasteiger partial charge in [-0.3, -0.25) is 10.1 Å². The molecule has 1 aromatic carbocycles. The highest BCUT2D eigenvalue weighted by Crippen LogP contribution is 2.22. The summed E-state index contributed by atoms with van der Waals surface area (Å²) >= 11 is 0. The first kappa shape index (κ1) is 9.51. The number of nitro groups is 1. The monoisotopic (exact) mass is 180 g/mol. The van der Waals surface area contributed by atoms with Crippen LogP contribution in [0.2, 0.25) is 0 Å². The molecule has 0 amide bonds. The highest BCUT2D eigenvalue weighted by Gasteiger charge is 2.10. The Morgan fingerprint density at radius 2 is 2.23 bits per heavy atom. The van der Waals surface area contributed by atoms with E-state index in [4.69, 9.17) is 5.73 Å². The normalized spacial score (nSPS) is 9.92. The van der Waals surface area contributed by atoms with Gasteiger partial charge in [0.15, 0.2) is 0 Å². The minimum absolute atomic E-state index is 0.00551. The van der Waals surface area contributed by atoms with Gasteiger partial charge in [0.2, 0.25) is 0 Å². The lowest BCUT2D eigenvalue weighted by molar-refractivity contribution is -0.384. The quantitative estimate of drug-likeness (QED) is 0.440. The van der Waals surface area contributed by atoms with Gasteiger partial charge < -0.3 is 5.73 Å². The SMILES string of the molecule is CCCc1ccc(N)c([N+](=O)[O-])c1. The topological polar surface area (TPSA) is 69.2 Å². The number of hydrogen-bond acceptors (Lipinski definition) is 3. The van der Waals surface area contributed by atoms with Crippen molar-refractivity contribution in [1.29, 1.82) is 0 Å². The molecule has 0 atom stereocenters. The number of nitrogens with zero attached hydrogens (tertiary/aromatic N) is 1. The third-order valence-corrected chi connectivity index (χ3v) is 1.83. The predicted molar refractivity (Wildman–Crippen MR) is 51.5 cm³/mol. The van der Waals surface area contributed by atoms with Crippen molar-refractivity contribution in [1.82, 2.24) is 0 Å². The Hall–Kier alpha value is -1.58. The molecule has 0 unspecified atom stereocenters. The summed E-state index contributed by atoms with van der Waals surface area (Å²) in [7, 11) is 0. The summed E-state index contributed by atoms with van der Waals surface area (Å²) in [4.78, 5) is 10.1. The van der Waals surface area contributed by atoms with E-state index in [0.29, 0.717) is 0 Å². The summed E-state index contributed by atoms with van der Waals surface area (Å²) in [5.41, 5.74) is 6.64. The van der Waals surface area contributed by atoms with Crippen molar-refractivity contribution < 1.29 is 4.92 Å². The molecule has 4 heteroatoms. The van der Waals surface area contributed by atoms with E-state index in [1.807, 2.05) is 13.0 Å². The van der Waals surface area contributed by atoms with Crippen LogP contribution in [0.1, 0.15) is 18.9 Å². The van der Waals surface area contributed by atoms with Crippen molar-refractivity contribution in [2.45, 2.75) is 19.8 Å². The van der Waals surface area contributed by atoms with Crippen LogP contribution < -0.4 is 5.73 Å². The summed E-state index contributed by atoms with van der Waals surface area (Å²) in [5.74, 6) is 0. The largest absolute Gasteiger partial charge is 0.393 e. The Bertz CT molecular complexity index is 323. The molecule has 4 nitrogen and oxygen atoms in total. The van der Waals surface area contributed by atoms with Crippen LogP contribution in [0.5, 0.6) is 0 Å². The molecule has 1 aromatic rings. The fourth-order valence-corrected chi connectivity index (χ4v) is 1.19. The number of anilines is 1. The number of benzene rings is 1. The zero-order valence-corrected chi connectivity index (χ0v) is 7.49. The molecule has 1 rings (SSSR count). The van der Waals surface area contributed by atoms with Crippen LogP contribution in [0.25, 0.3) is 0 Å².